The molecule has 0 radical (unpaired) electrons. The predicted octanol–water partition coefficient (Wildman–Crippen LogP) is 1.57. The first-order valence-electron chi connectivity index (χ1n) is 6.23. The number of nitrogens with zero attached hydrogens (tertiary/aromatic N) is 4. The number of imidazole rings is 1. The van der Waals surface area contributed by atoms with Gasteiger partial charge < -0.3 is 9.88 Å². The Kier molecular flexibility index (Phi) is 4.23. The van der Waals surface area contributed by atoms with Crippen LogP contribution >= 0.6 is 11.6 Å². The lowest BCUT2D eigenvalue weighted by Crippen LogP contribution is -2.47. The summed E-state index contributed by atoms with van der Waals surface area (Å²) in [5.41, 5.74) is 0.724. The Morgan fingerprint density at radius 3 is 2.56 bits per heavy atom. The highest BCUT2D eigenvalue weighted by Gasteiger charge is 2.27. The standard InChI is InChI=1S/C12H18ClN5/c1-3-17-4-6-18(7-5-17)10(8-14)11-12(13)16-9(2)15-11/h10H,3-7H2,1-2H3,(H,15,16). The number of nitriles is 1. The molecule has 1 saturated heterocycles. The van der Waals surface area contributed by atoms with Crippen molar-refractivity contribution in [2.75, 3.05) is 32.7 Å². The zero-order valence-corrected chi connectivity index (χ0v) is 11.5. The van der Waals surface area contributed by atoms with Crippen molar-refractivity contribution in [1.82, 2.24) is 19.8 Å². The van der Waals surface area contributed by atoms with Crippen LogP contribution in [0.3, 0.4) is 0 Å². The summed E-state index contributed by atoms with van der Waals surface area (Å²) in [7, 11) is 0. The Morgan fingerprint density at radius 1 is 1.44 bits per heavy atom. The number of rotatable bonds is 3. The van der Waals surface area contributed by atoms with Crippen LogP contribution in [0.5, 0.6) is 0 Å². The van der Waals surface area contributed by atoms with Gasteiger partial charge in [0.2, 0.25) is 0 Å². The van der Waals surface area contributed by atoms with Crippen molar-refractivity contribution in [3.05, 3.63) is 16.7 Å². The molecule has 1 N–H and O–H groups in total. The summed E-state index contributed by atoms with van der Waals surface area (Å²) < 4.78 is 0. The SMILES string of the molecule is CCN1CCN(C(C#N)c2[nH]c(C)nc2Cl)CC1. The molecule has 2 heterocycles. The molecule has 1 fully saturated rings. The third-order valence-electron chi connectivity index (χ3n) is 3.42. The van der Waals surface area contributed by atoms with E-state index in [-0.39, 0.29) is 6.04 Å². The van der Waals surface area contributed by atoms with Gasteiger partial charge in [-0.3, -0.25) is 4.90 Å². The van der Waals surface area contributed by atoms with Gasteiger partial charge in [0, 0.05) is 26.2 Å². The Labute approximate surface area is 112 Å². The molecule has 6 heteroatoms. The predicted molar refractivity (Wildman–Crippen MR) is 70.4 cm³/mol. The lowest BCUT2D eigenvalue weighted by atomic mass is 10.1. The van der Waals surface area contributed by atoms with Gasteiger partial charge in [-0.2, -0.15) is 5.26 Å². The van der Waals surface area contributed by atoms with Gasteiger partial charge in [0.25, 0.3) is 0 Å². The maximum atomic E-state index is 9.38. The lowest BCUT2D eigenvalue weighted by Gasteiger charge is -2.36. The lowest BCUT2D eigenvalue weighted by molar-refractivity contribution is 0.117. The van der Waals surface area contributed by atoms with E-state index in [1.54, 1.807) is 0 Å². The Bertz CT molecular complexity index is 442. The first-order chi connectivity index (χ1) is 8.65. The Morgan fingerprint density at radius 2 is 2.11 bits per heavy atom. The van der Waals surface area contributed by atoms with E-state index in [1.807, 2.05) is 6.92 Å². The molecule has 0 aromatic carbocycles. The van der Waals surface area contributed by atoms with Crippen molar-refractivity contribution in [2.45, 2.75) is 19.9 Å². The highest BCUT2D eigenvalue weighted by Crippen LogP contribution is 2.26. The monoisotopic (exact) mass is 267 g/mol. The number of likely N-dealkylation sites (N-methyl/N-ethyl adjacent to an activating group) is 1. The highest BCUT2D eigenvalue weighted by molar-refractivity contribution is 6.30. The molecule has 98 valence electrons. The first-order valence-corrected chi connectivity index (χ1v) is 6.61. The van der Waals surface area contributed by atoms with E-state index in [2.05, 4.69) is 32.8 Å². The summed E-state index contributed by atoms with van der Waals surface area (Å²) >= 11 is 6.06. The molecule has 1 aromatic rings. The number of aromatic nitrogens is 2. The quantitative estimate of drug-likeness (QED) is 0.903. The average molecular weight is 268 g/mol. The Hall–Kier alpha value is -1.09. The molecule has 0 bridgehead atoms. The number of halogens is 1. The van der Waals surface area contributed by atoms with Gasteiger partial charge in [-0.25, -0.2) is 4.98 Å². The third kappa shape index (κ3) is 2.66. The van der Waals surface area contributed by atoms with E-state index in [9.17, 15) is 5.26 Å². The minimum Gasteiger partial charge on any atom is -0.343 e. The van der Waals surface area contributed by atoms with Crippen molar-refractivity contribution in [1.29, 1.82) is 5.26 Å². The number of aromatic amines is 1. The minimum absolute atomic E-state index is 0.322. The minimum atomic E-state index is -0.322. The molecular weight excluding hydrogens is 250 g/mol. The number of piperazine rings is 1. The summed E-state index contributed by atoms with van der Waals surface area (Å²) in [5.74, 6) is 0.752. The summed E-state index contributed by atoms with van der Waals surface area (Å²) in [6.45, 7) is 8.85. The molecule has 0 saturated carbocycles. The molecule has 5 nitrogen and oxygen atoms in total. The van der Waals surface area contributed by atoms with E-state index >= 15 is 0 Å². The molecule has 1 aromatic heterocycles. The largest absolute Gasteiger partial charge is 0.343 e. The van der Waals surface area contributed by atoms with Gasteiger partial charge >= 0.3 is 0 Å². The number of hydrogen-bond acceptors (Lipinski definition) is 4. The Balaban J connectivity index is 2.11. The average Bonchev–Trinajstić information content (AvgIpc) is 2.70. The number of nitrogens with one attached hydrogen (secondary N) is 1. The number of hydrogen-bond donors (Lipinski definition) is 1. The fraction of sp³-hybridized carbons (Fsp3) is 0.667. The van der Waals surface area contributed by atoms with Gasteiger partial charge in [-0.15, -0.1) is 0 Å². The van der Waals surface area contributed by atoms with Crippen LogP contribution in [0.2, 0.25) is 5.15 Å². The molecule has 1 aliphatic heterocycles. The summed E-state index contributed by atoms with van der Waals surface area (Å²) in [4.78, 5) is 11.8. The number of H-pyrrole nitrogens is 1. The van der Waals surface area contributed by atoms with Gasteiger partial charge in [-0.1, -0.05) is 18.5 Å². The van der Waals surface area contributed by atoms with Crippen LogP contribution in [-0.2, 0) is 0 Å². The normalized spacial score (nSPS) is 19.7. The summed E-state index contributed by atoms with van der Waals surface area (Å²) in [5, 5.41) is 9.79. The molecule has 2 rings (SSSR count). The van der Waals surface area contributed by atoms with Gasteiger partial charge in [0.1, 0.15) is 11.9 Å². The van der Waals surface area contributed by atoms with Crippen molar-refractivity contribution < 1.29 is 0 Å². The first kappa shape index (κ1) is 13.3. The van der Waals surface area contributed by atoms with E-state index in [4.69, 9.17) is 11.6 Å². The van der Waals surface area contributed by atoms with Crippen LogP contribution in [0.15, 0.2) is 0 Å². The summed E-state index contributed by atoms with van der Waals surface area (Å²) in [6.07, 6.45) is 0. The van der Waals surface area contributed by atoms with Crippen molar-refractivity contribution in [2.24, 2.45) is 0 Å². The maximum absolute atomic E-state index is 9.38. The van der Waals surface area contributed by atoms with E-state index < -0.39 is 0 Å². The maximum Gasteiger partial charge on any atom is 0.153 e. The van der Waals surface area contributed by atoms with Crippen LogP contribution in [0.4, 0.5) is 0 Å². The molecule has 0 aliphatic carbocycles. The second-order valence-electron chi connectivity index (χ2n) is 4.53. The zero-order chi connectivity index (χ0) is 13.1. The van der Waals surface area contributed by atoms with Crippen LogP contribution in [0.1, 0.15) is 24.5 Å². The molecule has 18 heavy (non-hydrogen) atoms. The summed E-state index contributed by atoms with van der Waals surface area (Å²) in [6, 6.07) is 2.01. The van der Waals surface area contributed by atoms with Crippen LogP contribution in [0.25, 0.3) is 0 Å². The van der Waals surface area contributed by atoms with E-state index in [0.717, 1.165) is 44.2 Å². The second-order valence-corrected chi connectivity index (χ2v) is 4.89. The van der Waals surface area contributed by atoms with Gasteiger partial charge in [0.05, 0.1) is 11.8 Å². The molecular formula is C12H18ClN5. The van der Waals surface area contributed by atoms with Crippen LogP contribution in [-0.4, -0.2) is 52.5 Å². The fourth-order valence-electron chi connectivity index (χ4n) is 2.33. The highest BCUT2D eigenvalue weighted by atomic mass is 35.5. The number of aryl methyl sites for hydroxylation is 1. The van der Waals surface area contributed by atoms with E-state index in [0.29, 0.717) is 5.15 Å². The van der Waals surface area contributed by atoms with Gasteiger partial charge in [0.15, 0.2) is 5.15 Å². The topological polar surface area (TPSA) is 59.0 Å². The molecule has 1 atom stereocenters. The molecule has 1 aliphatic rings. The fourth-order valence-corrected chi connectivity index (χ4v) is 2.61. The molecule has 0 spiro atoms. The molecule has 0 amide bonds. The smallest absolute Gasteiger partial charge is 0.153 e. The van der Waals surface area contributed by atoms with Crippen molar-refractivity contribution >= 4 is 11.6 Å². The van der Waals surface area contributed by atoms with Crippen LogP contribution < -0.4 is 0 Å². The molecule has 1 unspecified atom stereocenters. The zero-order valence-electron chi connectivity index (χ0n) is 10.8. The van der Waals surface area contributed by atoms with E-state index in [1.165, 1.54) is 0 Å². The third-order valence-corrected chi connectivity index (χ3v) is 3.71. The van der Waals surface area contributed by atoms with Crippen molar-refractivity contribution in [3.8, 4) is 6.07 Å². The van der Waals surface area contributed by atoms with Crippen LogP contribution in [0, 0.1) is 18.3 Å². The van der Waals surface area contributed by atoms with Crippen molar-refractivity contribution in [3.63, 3.8) is 0 Å². The second kappa shape index (κ2) is 5.70. The van der Waals surface area contributed by atoms with Gasteiger partial charge in [-0.05, 0) is 13.5 Å².